The summed E-state index contributed by atoms with van der Waals surface area (Å²) in [6.07, 6.45) is 2.17. The first-order valence-electron chi connectivity index (χ1n) is 10.5. The average molecular weight is 408 g/mol. The van der Waals surface area contributed by atoms with Gasteiger partial charge >= 0.3 is 0 Å². The molecule has 8 nitrogen and oxygen atoms in total. The number of hydrogen-bond donors (Lipinski definition) is 1. The number of anilines is 1. The number of fused-ring (bicyclic) bond motifs is 1. The molecule has 1 aromatic carbocycles. The zero-order valence-corrected chi connectivity index (χ0v) is 17.7. The Morgan fingerprint density at radius 2 is 1.77 bits per heavy atom. The molecule has 0 saturated carbocycles. The van der Waals surface area contributed by atoms with E-state index in [1.165, 1.54) is 5.56 Å². The Hall–Kier alpha value is -3.00. The molecular weight excluding hydrogens is 378 g/mol. The Kier molecular flexibility index (Phi) is 5.94. The van der Waals surface area contributed by atoms with Gasteiger partial charge in [0.05, 0.1) is 0 Å². The molecule has 158 valence electrons. The van der Waals surface area contributed by atoms with E-state index >= 15 is 0 Å². The molecule has 1 aliphatic heterocycles. The summed E-state index contributed by atoms with van der Waals surface area (Å²) in [6, 6.07) is 10.6. The van der Waals surface area contributed by atoms with Gasteiger partial charge < -0.3 is 10.6 Å². The number of hydrogen-bond acceptors (Lipinski definition) is 6. The van der Waals surface area contributed by atoms with Crippen LogP contribution in [-0.4, -0.2) is 68.0 Å². The maximum absolute atomic E-state index is 12.8. The monoisotopic (exact) mass is 407 g/mol. The molecule has 2 N–H and O–H groups in total. The van der Waals surface area contributed by atoms with Crippen LogP contribution in [0.4, 0.5) is 5.95 Å². The molecule has 1 saturated heterocycles. The molecule has 0 atom stereocenters. The fourth-order valence-electron chi connectivity index (χ4n) is 4.13. The zero-order valence-electron chi connectivity index (χ0n) is 17.7. The third-order valence-corrected chi connectivity index (χ3v) is 5.94. The molecule has 1 fully saturated rings. The fourth-order valence-corrected chi connectivity index (χ4v) is 4.13. The molecule has 3 aromatic rings. The van der Waals surface area contributed by atoms with Crippen molar-refractivity contribution in [2.75, 3.05) is 38.5 Å². The van der Waals surface area contributed by atoms with Crippen LogP contribution < -0.4 is 5.73 Å². The summed E-state index contributed by atoms with van der Waals surface area (Å²) in [5.74, 6) is 0.919. The molecule has 1 amide bonds. The molecule has 8 heteroatoms. The number of aryl methyl sites for hydroxylation is 2. The molecule has 0 unspecified atom stereocenters. The van der Waals surface area contributed by atoms with E-state index in [-0.39, 0.29) is 11.9 Å². The van der Waals surface area contributed by atoms with Gasteiger partial charge in [0.2, 0.25) is 11.9 Å². The first-order chi connectivity index (χ1) is 14.5. The number of piperazine rings is 1. The van der Waals surface area contributed by atoms with Crippen LogP contribution in [-0.2, 0) is 17.6 Å². The van der Waals surface area contributed by atoms with Crippen LogP contribution in [0, 0.1) is 13.8 Å². The number of aromatic nitrogens is 4. The van der Waals surface area contributed by atoms with Gasteiger partial charge in [0.25, 0.3) is 5.78 Å². The third kappa shape index (κ3) is 4.43. The van der Waals surface area contributed by atoms with E-state index in [1.54, 1.807) is 4.52 Å². The summed E-state index contributed by atoms with van der Waals surface area (Å²) in [5.41, 5.74) is 9.93. The molecule has 0 spiro atoms. The van der Waals surface area contributed by atoms with Gasteiger partial charge in [-0.2, -0.15) is 9.50 Å². The minimum atomic E-state index is 0.203. The predicted octanol–water partition coefficient (Wildman–Crippen LogP) is 1.64. The zero-order chi connectivity index (χ0) is 21.1. The van der Waals surface area contributed by atoms with Gasteiger partial charge in [0, 0.05) is 50.5 Å². The van der Waals surface area contributed by atoms with Crippen LogP contribution in [0.15, 0.2) is 30.3 Å². The van der Waals surface area contributed by atoms with Crippen LogP contribution >= 0.6 is 0 Å². The molecule has 0 bridgehead atoms. The first kappa shape index (κ1) is 20.3. The smallest absolute Gasteiger partial charge is 0.254 e. The highest BCUT2D eigenvalue weighted by atomic mass is 16.2. The van der Waals surface area contributed by atoms with Crippen LogP contribution in [0.25, 0.3) is 5.78 Å². The van der Waals surface area contributed by atoms with Crippen molar-refractivity contribution >= 4 is 17.6 Å². The highest BCUT2D eigenvalue weighted by molar-refractivity contribution is 5.76. The van der Waals surface area contributed by atoms with E-state index in [0.717, 1.165) is 56.1 Å². The van der Waals surface area contributed by atoms with Gasteiger partial charge in [-0.05, 0) is 37.8 Å². The van der Waals surface area contributed by atoms with Crippen LogP contribution in [0.2, 0.25) is 0 Å². The molecule has 4 rings (SSSR count). The van der Waals surface area contributed by atoms with E-state index in [2.05, 4.69) is 44.2 Å². The maximum Gasteiger partial charge on any atom is 0.254 e. The number of carbonyl (C=O) groups is 1. The Bertz CT molecular complexity index is 1020. The van der Waals surface area contributed by atoms with E-state index in [4.69, 9.17) is 5.73 Å². The summed E-state index contributed by atoms with van der Waals surface area (Å²) in [6.45, 7) is 8.41. The van der Waals surface area contributed by atoms with Gasteiger partial charge in [0.1, 0.15) is 0 Å². The fraction of sp³-hybridized carbons (Fsp3) is 0.455. The lowest BCUT2D eigenvalue weighted by Crippen LogP contribution is -2.49. The molecule has 3 heterocycles. The molecule has 2 aromatic heterocycles. The average Bonchev–Trinajstić information content (AvgIpc) is 3.13. The van der Waals surface area contributed by atoms with Crippen molar-refractivity contribution in [3.63, 3.8) is 0 Å². The topological polar surface area (TPSA) is 92.6 Å². The van der Waals surface area contributed by atoms with Crippen molar-refractivity contribution in [2.45, 2.75) is 33.1 Å². The Balaban J connectivity index is 1.29. The SMILES string of the molecule is Cc1nc2nc(N)nn2c(C)c1CCC(=O)N1CCN(CCc2ccccc2)CC1. The van der Waals surface area contributed by atoms with E-state index in [0.29, 0.717) is 18.6 Å². The minimum Gasteiger partial charge on any atom is -0.366 e. The first-order valence-corrected chi connectivity index (χ1v) is 10.5. The van der Waals surface area contributed by atoms with Crippen LogP contribution in [0.5, 0.6) is 0 Å². The highest BCUT2D eigenvalue weighted by Crippen LogP contribution is 2.17. The molecule has 30 heavy (non-hydrogen) atoms. The van der Waals surface area contributed by atoms with Crippen molar-refractivity contribution in [2.24, 2.45) is 0 Å². The second kappa shape index (κ2) is 8.79. The Labute approximate surface area is 176 Å². The summed E-state index contributed by atoms with van der Waals surface area (Å²) in [4.78, 5) is 25.8. The second-order valence-electron chi connectivity index (χ2n) is 7.90. The van der Waals surface area contributed by atoms with Gasteiger partial charge in [-0.3, -0.25) is 9.69 Å². The van der Waals surface area contributed by atoms with Gasteiger partial charge in [0.15, 0.2) is 0 Å². The maximum atomic E-state index is 12.8. The van der Waals surface area contributed by atoms with Gasteiger partial charge in [-0.15, -0.1) is 5.10 Å². The lowest BCUT2D eigenvalue weighted by atomic mass is 10.1. The lowest BCUT2D eigenvalue weighted by Gasteiger charge is -2.35. The van der Waals surface area contributed by atoms with Crippen LogP contribution in [0.1, 0.15) is 28.9 Å². The number of nitrogens with zero attached hydrogens (tertiary/aromatic N) is 6. The van der Waals surface area contributed by atoms with Crippen LogP contribution in [0.3, 0.4) is 0 Å². The number of rotatable bonds is 6. The predicted molar refractivity (Wildman–Crippen MR) is 116 cm³/mol. The standard InChI is InChI=1S/C22H29N7O/c1-16-19(17(2)29-22(24-16)25-21(23)26-29)8-9-20(30)28-14-12-27(13-15-28)11-10-18-6-4-3-5-7-18/h3-7H,8-15H2,1-2H3,(H2,23,26). The number of amides is 1. The van der Waals surface area contributed by atoms with Crippen molar-refractivity contribution in [1.29, 1.82) is 0 Å². The molecular formula is C22H29N7O. The summed E-state index contributed by atoms with van der Waals surface area (Å²) >= 11 is 0. The summed E-state index contributed by atoms with van der Waals surface area (Å²) < 4.78 is 1.66. The van der Waals surface area contributed by atoms with Crippen molar-refractivity contribution in [1.82, 2.24) is 29.4 Å². The lowest BCUT2D eigenvalue weighted by molar-refractivity contribution is -0.132. The third-order valence-electron chi connectivity index (χ3n) is 5.94. The molecule has 0 radical (unpaired) electrons. The van der Waals surface area contributed by atoms with Gasteiger partial charge in [-0.1, -0.05) is 30.3 Å². The number of carbonyl (C=O) groups excluding carboxylic acids is 1. The number of nitrogen functional groups attached to an aromatic ring is 1. The van der Waals surface area contributed by atoms with Crippen molar-refractivity contribution in [3.8, 4) is 0 Å². The van der Waals surface area contributed by atoms with E-state index in [9.17, 15) is 4.79 Å². The number of benzene rings is 1. The van der Waals surface area contributed by atoms with Gasteiger partial charge in [-0.25, -0.2) is 4.98 Å². The largest absolute Gasteiger partial charge is 0.366 e. The second-order valence-corrected chi connectivity index (χ2v) is 7.90. The quantitative estimate of drug-likeness (QED) is 0.668. The van der Waals surface area contributed by atoms with Crippen molar-refractivity contribution in [3.05, 3.63) is 52.8 Å². The Morgan fingerprint density at radius 3 is 2.50 bits per heavy atom. The van der Waals surface area contributed by atoms with E-state index in [1.807, 2.05) is 24.8 Å². The van der Waals surface area contributed by atoms with E-state index < -0.39 is 0 Å². The molecule has 0 aliphatic carbocycles. The normalized spacial score (nSPS) is 15.1. The Morgan fingerprint density at radius 1 is 1.03 bits per heavy atom. The van der Waals surface area contributed by atoms with Crippen molar-refractivity contribution < 1.29 is 4.79 Å². The number of nitrogens with two attached hydrogens (primary N) is 1. The highest BCUT2D eigenvalue weighted by Gasteiger charge is 2.21. The summed E-state index contributed by atoms with van der Waals surface area (Å²) in [5, 5.41) is 4.20. The summed E-state index contributed by atoms with van der Waals surface area (Å²) in [7, 11) is 0. The minimum absolute atomic E-state index is 0.203. The molecule has 1 aliphatic rings.